The third-order valence-corrected chi connectivity index (χ3v) is 2.98. The lowest BCUT2D eigenvalue weighted by atomic mass is 10.0. The van der Waals surface area contributed by atoms with Crippen molar-refractivity contribution in [3.8, 4) is 0 Å². The number of nitrogens with one attached hydrogen (secondary N) is 2. The van der Waals surface area contributed by atoms with E-state index in [0.717, 1.165) is 31.5 Å². The van der Waals surface area contributed by atoms with Crippen LogP contribution >= 0.6 is 0 Å². The zero-order valence-corrected chi connectivity index (χ0v) is 11.6. The summed E-state index contributed by atoms with van der Waals surface area (Å²) in [7, 11) is 0. The van der Waals surface area contributed by atoms with Crippen LogP contribution in [0.4, 0.5) is 5.69 Å². The van der Waals surface area contributed by atoms with Crippen LogP contribution in [-0.4, -0.2) is 12.3 Å². The van der Waals surface area contributed by atoms with Crippen LogP contribution in [0.1, 0.15) is 24.5 Å². The van der Waals surface area contributed by atoms with Crippen molar-refractivity contribution in [2.24, 2.45) is 0 Å². The van der Waals surface area contributed by atoms with Gasteiger partial charge in [0.1, 0.15) is 0 Å². The number of anilines is 1. The molecule has 0 spiro atoms. The van der Waals surface area contributed by atoms with Crippen molar-refractivity contribution in [1.29, 1.82) is 5.41 Å². The molecule has 0 bridgehead atoms. The van der Waals surface area contributed by atoms with Gasteiger partial charge in [-0.2, -0.15) is 0 Å². The van der Waals surface area contributed by atoms with E-state index >= 15 is 0 Å². The Labute approximate surface area is 115 Å². The summed E-state index contributed by atoms with van der Waals surface area (Å²) in [5.74, 6) is 0. The number of nitrogens with two attached hydrogens (primary N) is 1. The minimum Gasteiger partial charge on any atom is -0.399 e. The number of nitrogen functional groups attached to an aromatic ring is 1. The molecule has 0 amide bonds. The maximum atomic E-state index is 7.36. The Morgan fingerprint density at radius 2 is 2.26 bits per heavy atom. The molecule has 0 atom stereocenters. The molecule has 1 aromatic rings. The lowest BCUT2D eigenvalue weighted by molar-refractivity contribution is 0.751. The molecule has 0 aliphatic carbocycles. The number of aryl methyl sites for hydroxylation is 2. The van der Waals surface area contributed by atoms with Crippen molar-refractivity contribution in [2.45, 2.75) is 26.2 Å². The molecule has 4 N–H and O–H groups in total. The van der Waals surface area contributed by atoms with Crippen LogP contribution in [0.3, 0.4) is 0 Å². The van der Waals surface area contributed by atoms with Crippen LogP contribution in [-0.2, 0) is 12.8 Å². The zero-order valence-electron chi connectivity index (χ0n) is 11.6. The predicted molar refractivity (Wildman–Crippen MR) is 83.6 cm³/mol. The van der Waals surface area contributed by atoms with Crippen LogP contribution < -0.4 is 11.1 Å². The van der Waals surface area contributed by atoms with E-state index < -0.39 is 0 Å². The Balaban J connectivity index is 2.31. The average Bonchev–Trinajstić information content (AvgIpc) is 2.43. The summed E-state index contributed by atoms with van der Waals surface area (Å²) in [5, 5.41) is 10.5. The Morgan fingerprint density at radius 3 is 2.95 bits per heavy atom. The molecule has 0 aromatic heterocycles. The Bertz CT molecular complexity index is 461. The van der Waals surface area contributed by atoms with E-state index in [4.69, 9.17) is 11.1 Å². The van der Waals surface area contributed by atoms with Gasteiger partial charge in [-0.1, -0.05) is 25.6 Å². The minimum absolute atomic E-state index is 0.415. The zero-order chi connectivity index (χ0) is 14.1. The molecule has 19 heavy (non-hydrogen) atoms. The van der Waals surface area contributed by atoms with Crippen LogP contribution in [0, 0.1) is 5.41 Å². The first-order chi connectivity index (χ1) is 9.17. The monoisotopic (exact) mass is 257 g/mol. The van der Waals surface area contributed by atoms with Crippen LogP contribution in [0.25, 0.3) is 0 Å². The highest BCUT2D eigenvalue weighted by atomic mass is 14.8. The normalized spacial score (nSPS) is 10.6. The van der Waals surface area contributed by atoms with E-state index in [2.05, 4.69) is 31.0 Å². The number of benzene rings is 1. The van der Waals surface area contributed by atoms with Crippen LogP contribution in [0.5, 0.6) is 0 Å². The van der Waals surface area contributed by atoms with Crippen molar-refractivity contribution < 1.29 is 0 Å². The second-order valence-electron chi connectivity index (χ2n) is 4.44. The van der Waals surface area contributed by atoms with Gasteiger partial charge < -0.3 is 16.5 Å². The molecule has 3 heteroatoms. The fourth-order valence-corrected chi connectivity index (χ4v) is 1.82. The molecule has 3 nitrogen and oxygen atoms in total. The third kappa shape index (κ3) is 5.42. The van der Waals surface area contributed by atoms with Gasteiger partial charge in [-0.15, -0.1) is 0 Å². The number of hydrogen-bond acceptors (Lipinski definition) is 3. The second kappa shape index (κ2) is 8.14. The van der Waals surface area contributed by atoms with Crippen molar-refractivity contribution in [2.75, 3.05) is 12.3 Å². The molecule has 0 saturated carbocycles. The smallest absolute Gasteiger partial charge is 0.0548 e. The summed E-state index contributed by atoms with van der Waals surface area (Å²) in [6.07, 6.45) is 8.07. The maximum absolute atomic E-state index is 7.36. The van der Waals surface area contributed by atoms with E-state index in [9.17, 15) is 0 Å². The van der Waals surface area contributed by atoms with Gasteiger partial charge in [-0.25, -0.2) is 0 Å². The quantitative estimate of drug-likeness (QED) is 0.381. The van der Waals surface area contributed by atoms with Crippen molar-refractivity contribution in [3.63, 3.8) is 0 Å². The molecular formula is C16H23N3. The SMILES string of the molecule is C=CC(=N)/C=C\NCCCc1ccc(N)c(CC)c1. The van der Waals surface area contributed by atoms with E-state index in [1.165, 1.54) is 17.2 Å². The summed E-state index contributed by atoms with van der Waals surface area (Å²) in [5.41, 5.74) is 9.74. The van der Waals surface area contributed by atoms with E-state index in [0.29, 0.717) is 5.71 Å². The van der Waals surface area contributed by atoms with Gasteiger partial charge in [0, 0.05) is 12.2 Å². The van der Waals surface area contributed by atoms with Gasteiger partial charge in [-0.3, -0.25) is 0 Å². The number of allylic oxidation sites excluding steroid dienone is 2. The largest absolute Gasteiger partial charge is 0.399 e. The number of rotatable bonds is 8. The summed E-state index contributed by atoms with van der Waals surface area (Å²) in [6, 6.07) is 6.28. The first-order valence-electron chi connectivity index (χ1n) is 6.65. The van der Waals surface area contributed by atoms with Gasteiger partial charge in [0.2, 0.25) is 0 Å². The van der Waals surface area contributed by atoms with E-state index in [1.807, 2.05) is 6.07 Å². The highest BCUT2D eigenvalue weighted by molar-refractivity contribution is 6.00. The Morgan fingerprint density at radius 1 is 1.47 bits per heavy atom. The van der Waals surface area contributed by atoms with Crippen molar-refractivity contribution >= 4 is 11.4 Å². The van der Waals surface area contributed by atoms with Gasteiger partial charge in [0.25, 0.3) is 0 Å². The lowest BCUT2D eigenvalue weighted by Crippen LogP contribution is -2.08. The Kier molecular flexibility index (Phi) is 6.44. The third-order valence-electron chi connectivity index (χ3n) is 2.98. The maximum Gasteiger partial charge on any atom is 0.0548 e. The summed E-state index contributed by atoms with van der Waals surface area (Å²) in [4.78, 5) is 0. The van der Waals surface area contributed by atoms with Gasteiger partial charge in [0.15, 0.2) is 0 Å². The second-order valence-corrected chi connectivity index (χ2v) is 4.44. The molecule has 0 saturated heterocycles. The molecule has 0 heterocycles. The molecular weight excluding hydrogens is 234 g/mol. The first-order valence-corrected chi connectivity index (χ1v) is 6.65. The fraction of sp³-hybridized carbons (Fsp3) is 0.312. The van der Waals surface area contributed by atoms with Crippen LogP contribution in [0.2, 0.25) is 0 Å². The standard InChI is InChI=1S/C16H23N3/c1-3-14-12-13(7-8-16(14)18)6-5-10-19-11-9-15(17)4-2/h4,7-9,11-12,17,19H,2-3,5-6,10,18H2,1H3/b11-9-,17-15?. The highest BCUT2D eigenvalue weighted by Gasteiger charge is 1.99. The van der Waals surface area contributed by atoms with Crippen LogP contribution in [0.15, 0.2) is 43.1 Å². The summed E-state index contributed by atoms with van der Waals surface area (Å²) in [6.45, 7) is 6.54. The predicted octanol–water partition coefficient (Wildman–Crippen LogP) is 3.07. The molecule has 0 radical (unpaired) electrons. The molecule has 1 rings (SSSR count). The Hall–Kier alpha value is -2.03. The van der Waals surface area contributed by atoms with Crippen molar-refractivity contribution in [3.05, 3.63) is 54.3 Å². The summed E-state index contributed by atoms with van der Waals surface area (Å²) < 4.78 is 0. The molecule has 1 aromatic carbocycles. The topological polar surface area (TPSA) is 61.9 Å². The average molecular weight is 257 g/mol. The minimum atomic E-state index is 0.415. The summed E-state index contributed by atoms with van der Waals surface area (Å²) >= 11 is 0. The van der Waals surface area contributed by atoms with Gasteiger partial charge >= 0.3 is 0 Å². The lowest BCUT2D eigenvalue weighted by Gasteiger charge is -2.07. The van der Waals surface area contributed by atoms with E-state index in [1.54, 1.807) is 12.3 Å². The van der Waals surface area contributed by atoms with Gasteiger partial charge in [-0.05, 0) is 54.8 Å². The molecule has 0 aliphatic rings. The molecule has 0 fully saturated rings. The highest BCUT2D eigenvalue weighted by Crippen LogP contribution is 2.15. The molecule has 0 unspecified atom stereocenters. The molecule has 0 aliphatic heterocycles. The molecule has 102 valence electrons. The van der Waals surface area contributed by atoms with Crippen molar-refractivity contribution in [1.82, 2.24) is 5.32 Å². The fourth-order valence-electron chi connectivity index (χ4n) is 1.82. The number of hydrogen-bond donors (Lipinski definition) is 3. The van der Waals surface area contributed by atoms with Gasteiger partial charge in [0.05, 0.1) is 5.71 Å². The first kappa shape index (κ1) is 15.0. The van der Waals surface area contributed by atoms with E-state index in [-0.39, 0.29) is 0 Å².